The normalized spacial score (nSPS) is 12.8. The predicted octanol–water partition coefficient (Wildman–Crippen LogP) is 5.04. The molecule has 0 heterocycles. The zero-order valence-electron chi connectivity index (χ0n) is 15.4. The second-order valence-electron chi connectivity index (χ2n) is 6.22. The molecule has 0 bridgehead atoms. The van der Waals surface area contributed by atoms with Crippen LogP contribution in [0.2, 0.25) is 0 Å². The van der Waals surface area contributed by atoms with Crippen molar-refractivity contribution < 1.29 is 19.1 Å². The van der Waals surface area contributed by atoms with Crippen molar-refractivity contribution in [2.45, 2.75) is 51.7 Å². The zero-order chi connectivity index (χ0) is 18.8. The van der Waals surface area contributed by atoms with E-state index in [9.17, 15) is 9.59 Å². The van der Waals surface area contributed by atoms with Crippen LogP contribution in [-0.2, 0) is 9.47 Å². The van der Waals surface area contributed by atoms with E-state index >= 15 is 0 Å². The van der Waals surface area contributed by atoms with E-state index in [1.807, 2.05) is 38.1 Å². The van der Waals surface area contributed by atoms with Crippen molar-refractivity contribution in [1.82, 2.24) is 0 Å². The summed E-state index contributed by atoms with van der Waals surface area (Å²) in [7, 11) is 0. The fraction of sp³-hybridized carbons (Fsp3) is 0.364. The van der Waals surface area contributed by atoms with Crippen molar-refractivity contribution in [2.75, 3.05) is 0 Å². The van der Waals surface area contributed by atoms with E-state index in [0.717, 1.165) is 12.8 Å². The highest BCUT2D eigenvalue weighted by Gasteiger charge is 2.22. The first-order chi connectivity index (χ1) is 12.6. The molecular formula is C22H26O4. The van der Waals surface area contributed by atoms with Crippen LogP contribution >= 0.6 is 0 Å². The van der Waals surface area contributed by atoms with Gasteiger partial charge in [0.25, 0.3) is 0 Å². The van der Waals surface area contributed by atoms with Gasteiger partial charge < -0.3 is 9.47 Å². The standard InChI is InChI=1S/C22H26O4/c1-3-11-20(26-22(24)18-14-9-6-10-15-18)16-19(4-2)25-21(23)17-12-7-5-8-13-17/h5-10,12-15,19-20H,3-4,11,16H2,1-2H3. The Labute approximate surface area is 155 Å². The third kappa shape index (κ3) is 6.03. The minimum Gasteiger partial charge on any atom is -0.459 e. The van der Waals surface area contributed by atoms with Gasteiger partial charge in [0.15, 0.2) is 0 Å². The Hall–Kier alpha value is -2.62. The quantitative estimate of drug-likeness (QED) is 0.592. The maximum Gasteiger partial charge on any atom is 0.338 e. The lowest BCUT2D eigenvalue weighted by atomic mass is 10.0. The largest absolute Gasteiger partial charge is 0.459 e. The van der Waals surface area contributed by atoms with Gasteiger partial charge in [-0.3, -0.25) is 0 Å². The molecule has 4 nitrogen and oxygen atoms in total. The maximum absolute atomic E-state index is 12.3. The van der Waals surface area contributed by atoms with Gasteiger partial charge in [-0.1, -0.05) is 56.7 Å². The van der Waals surface area contributed by atoms with Crippen molar-refractivity contribution in [2.24, 2.45) is 0 Å². The van der Waals surface area contributed by atoms with Crippen LogP contribution in [0.15, 0.2) is 60.7 Å². The number of benzene rings is 2. The molecule has 2 atom stereocenters. The molecule has 2 unspecified atom stereocenters. The Morgan fingerprint density at radius 3 is 1.65 bits per heavy atom. The number of carbonyl (C=O) groups excluding carboxylic acids is 2. The monoisotopic (exact) mass is 354 g/mol. The minimum atomic E-state index is -0.345. The lowest BCUT2D eigenvalue weighted by Gasteiger charge is -2.23. The van der Waals surface area contributed by atoms with E-state index in [4.69, 9.17) is 9.47 Å². The highest BCUT2D eigenvalue weighted by molar-refractivity contribution is 5.90. The lowest BCUT2D eigenvalue weighted by molar-refractivity contribution is -0.00301. The summed E-state index contributed by atoms with van der Waals surface area (Å²) in [6.45, 7) is 4.01. The highest BCUT2D eigenvalue weighted by atomic mass is 16.6. The second kappa shape index (κ2) is 10.4. The summed E-state index contributed by atoms with van der Waals surface area (Å²) in [5.74, 6) is -0.685. The first-order valence-corrected chi connectivity index (χ1v) is 9.16. The second-order valence-corrected chi connectivity index (χ2v) is 6.22. The number of esters is 2. The molecule has 2 aromatic carbocycles. The van der Waals surface area contributed by atoms with Gasteiger partial charge in [0.1, 0.15) is 12.2 Å². The molecule has 26 heavy (non-hydrogen) atoms. The van der Waals surface area contributed by atoms with Gasteiger partial charge in [0.2, 0.25) is 0 Å². The van der Waals surface area contributed by atoms with E-state index in [-0.39, 0.29) is 24.1 Å². The van der Waals surface area contributed by atoms with E-state index in [1.165, 1.54) is 0 Å². The van der Waals surface area contributed by atoms with Gasteiger partial charge in [-0.2, -0.15) is 0 Å². The minimum absolute atomic E-state index is 0.277. The Bertz CT molecular complexity index is 682. The molecule has 0 spiro atoms. The molecule has 0 fully saturated rings. The average molecular weight is 354 g/mol. The Balaban J connectivity index is 1.97. The van der Waals surface area contributed by atoms with Crippen LogP contribution in [0.4, 0.5) is 0 Å². The molecule has 2 aromatic rings. The lowest BCUT2D eigenvalue weighted by Crippen LogP contribution is -2.27. The molecule has 2 rings (SSSR count). The molecule has 0 saturated carbocycles. The smallest absolute Gasteiger partial charge is 0.338 e. The van der Waals surface area contributed by atoms with Gasteiger partial charge in [0, 0.05) is 6.42 Å². The van der Waals surface area contributed by atoms with Crippen molar-refractivity contribution in [1.29, 1.82) is 0 Å². The van der Waals surface area contributed by atoms with Crippen molar-refractivity contribution in [3.8, 4) is 0 Å². The summed E-state index contributed by atoms with van der Waals surface area (Å²) in [4.78, 5) is 24.6. The Morgan fingerprint density at radius 2 is 1.23 bits per heavy atom. The zero-order valence-corrected chi connectivity index (χ0v) is 15.4. The molecule has 0 aromatic heterocycles. The fourth-order valence-corrected chi connectivity index (χ4v) is 2.73. The molecular weight excluding hydrogens is 328 g/mol. The van der Waals surface area contributed by atoms with E-state index < -0.39 is 0 Å². The first-order valence-electron chi connectivity index (χ1n) is 9.16. The van der Waals surface area contributed by atoms with Crippen molar-refractivity contribution in [3.05, 3.63) is 71.8 Å². The summed E-state index contributed by atoms with van der Waals surface area (Å²) in [6.07, 6.45) is 2.22. The van der Waals surface area contributed by atoms with Crippen molar-refractivity contribution in [3.63, 3.8) is 0 Å². The van der Waals surface area contributed by atoms with Gasteiger partial charge in [0.05, 0.1) is 11.1 Å². The summed E-state index contributed by atoms with van der Waals surface area (Å²) in [5.41, 5.74) is 1.06. The van der Waals surface area contributed by atoms with Crippen LogP contribution in [0, 0.1) is 0 Å². The average Bonchev–Trinajstić information content (AvgIpc) is 2.68. The molecule has 0 saturated heterocycles. The fourth-order valence-electron chi connectivity index (χ4n) is 2.73. The van der Waals surface area contributed by atoms with Crippen LogP contribution in [0.5, 0.6) is 0 Å². The van der Waals surface area contributed by atoms with Gasteiger partial charge in [-0.05, 0) is 37.1 Å². The van der Waals surface area contributed by atoms with Crippen LogP contribution in [0.1, 0.15) is 60.2 Å². The van der Waals surface area contributed by atoms with Crippen LogP contribution in [0.25, 0.3) is 0 Å². The van der Waals surface area contributed by atoms with Gasteiger partial charge in [-0.15, -0.1) is 0 Å². The molecule has 138 valence electrons. The number of carbonyl (C=O) groups is 2. The summed E-state index contributed by atoms with van der Waals surface area (Å²) in [5, 5.41) is 0. The van der Waals surface area contributed by atoms with E-state index in [2.05, 4.69) is 0 Å². The van der Waals surface area contributed by atoms with Crippen LogP contribution in [0.3, 0.4) is 0 Å². The molecule has 0 aliphatic carbocycles. The third-order valence-corrected chi connectivity index (χ3v) is 4.16. The summed E-state index contributed by atoms with van der Waals surface area (Å²) < 4.78 is 11.3. The Morgan fingerprint density at radius 1 is 0.769 bits per heavy atom. The number of ether oxygens (including phenoxy) is 2. The van der Waals surface area contributed by atoms with E-state index in [0.29, 0.717) is 24.0 Å². The SMILES string of the molecule is CCCC(CC(CC)OC(=O)c1ccccc1)OC(=O)c1ccccc1. The van der Waals surface area contributed by atoms with Crippen LogP contribution < -0.4 is 0 Å². The summed E-state index contributed by atoms with van der Waals surface area (Å²) in [6, 6.07) is 17.9. The third-order valence-electron chi connectivity index (χ3n) is 4.16. The molecule has 0 radical (unpaired) electrons. The van der Waals surface area contributed by atoms with E-state index in [1.54, 1.807) is 36.4 Å². The summed E-state index contributed by atoms with van der Waals surface area (Å²) >= 11 is 0. The molecule has 0 aliphatic rings. The molecule has 4 heteroatoms. The molecule has 0 aliphatic heterocycles. The number of rotatable bonds is 9. The first kappa shape index (κ1) is 19.7. The van der Waals surface area contributed by atoms with Crippen LogP contribution in [-0.4, -0.2) is 24.1 Å². The topological polar surface area (TPSA) is 52.6 Å². The van der Waals surface area contributed by atoms with Crippen molar-refractivity contribution >= 4 is 11.9 Å². The Kier molecular flexibility index (Phi) is 7.87. The molecule has 0 N–H and O–H groups in total. The number of hydrogen-bond donors (Lipinski definition) is 0. The number of hydrogen-bond acceptors (Lipinski definition) is 4. The maximum atomic E-state index is 12.3. The highest BCUT2D eigenvalue weighted by Crippen LogP contribution is 2.18. The predicted molar refractivity (Wildman–Crippen MR) is 101 cm³/mol. The molecule has 0 amide bonds. The van der Waals surface area contributed by atoms with Gasteiger partial charge >= 0.3 is 11.9 Å². The van der Waals surface area contributed by atoms with Gasteiger partial charge in [-0.25, -0.2) is 9.59 Å².